The summed E-state index contributed by atoms with van der Waals surface area (Å²) in [4.78, 5) is 16.7. The molecule has 2 N–H and O–H groups in total. The number of carbonyl (C=O) groups excluding carboxylic acids is 1. The predicted octanol–water partition coefficient (Wildman–Crippen LogP) is 3.18. The van der Waals surface area contributed by atoms with E-state index in [1.54, 1.807) is 12.1 Å². The first kappa shape index (κ1) is 19.3. The number of nitrogens with one attached hydrogen (secondary N) is 1. The third kappa shape index (κ3) is 4.54. The number of rotatable bonds is 5. The van der Waals surface area contributed by atoms with Gasteiger partial charge in [-0.3, -0.25) is 4.90 Å². The van der Waals surface area contributed by atoms with Crippen molar-refractivity contribution < 1.29 is 9.90 Å². The molecule has 1 fully saturated rings. The zero-order valence-electron chi connectivity index (χ0n) is 16.8. The minimum absolute atomic E-state index is 0.0103. The topological polar surface area (TPSA) is 60.7 Å². The van der Waals surface area contributed by atoms with Gasteiger partial charge in [0.15, 0.2) is 0 Å². The Morgan fingerprint density at radius 1 is 1.03 bits per heavy atom. The van der Waals surface area contributed by atoms with Gasteiger partial charge >= 0.3 is 6.03 Å². The molecule has 2 amide bonds. The zero-order valence-corrected chi connectivity index (χ0v) is 16.8. The lowest BCUT2D eigenvalue weighted by Gasteiger charge is -2.34. The van der Waals surface area contributed by atoms with Crippen molar-refractivity contribution in [3.05, 3.63) is 65.9 Å². The first-order valence-electron chi connectivity index (χ1n) is 10.2. The molecule has 0 spiro atoms. The molecule has 0 unspecified atom stereocenters. The van der Waals surface area contributed by atoms with Crippen LogP contribution in [0.2, 0.25) is 0 Å². The van der Waals surface area contributed by atoms with Crippen LogP contribution >= 0.6 is 0 Å². The Kier molecular flexibility index (Phi) is 5.71. The first-order valence-corrected chi connectivity index (χ1v) is 10.2. The second-order valence-corrected chi connectivity index (χ2v) is 7.66. The monoisotopic (exact) mass is 392 g/mol. The van der Waals surface area contributed by atoms with Crippen LogP contribution in [-0.2, 0) is 13.1 Å². The number of para-hydroxylation sites is 1. The number of hydrogen-bond acceptors (Lipinski definition) is 3. The van der Waals surface area contributed by atoms with Gasteiger partial charge in [-0.1, -0.05) is 30.3 Å². The van der Waals surface area contributed by atoms with E-state index in [0.717, 1.165) is 44.8 Å². The second kappa shape index (κ2) is 8.57. The summed E-state index contributed by atoms with van der Waals surface area (Å²) in [6.07, 6.45) is 0. The lowest BCUT2D eigenvalue weighted by Crippen LogP contribution is -2.51. The van der Waals surface area contributed by atoms with E-state index in [0.29, 0.717) is 12.3 Å². The molecule has 0 atom stereocenters. The van der Waals surface area contributed by atoms with E-state index >= 15 is 0 Å². The minimum atomic E-state index is 0.0103. The van der Waals surface area contributed by atoms with Gasteiger partial charge in [0, 0.05) is 57.0 Å². The van der Waals surface area contributed by atoms with E-state index < -0.39 is 0 Å². The van der Waals surface area contributed by atoms with Gasteiger partial charge in [-0.2, -0.15) is 0 Å². The molecule has 0 saturated carbocycles. The van der Waals surface area contributed by atoms with Crippen LogP contribution in [0.15, 0.2) is 54.6 Å². The summed E-state index contributed by atoms with van der Waals surface area (Å²) >= 11 is 0. The largest absolute Gasteiger partial charge is 0.508 e. The van der Waals surface area contributed by atoms with E-state index in [9.17, 15) is 9.90 Å². The standard InChI is InChI=1S/C23H28N4O2/c1-18-15-20-6-2-3-8-22(20)27(18)10-9-24-23(29)26-13-11-25(12-14-26)17-19-5-4-7-21(28)16-19/h2-8,15-16,28H,9-14,17H2,1H3,(H,24,29). The fourth-order valence-corrected chi connectivity index (χ4v) is 4.05. The molecule has 2 heterocycles. The van der Waals surface area contributed by atoms with E-state index in [1.807, 2.05) is 29.2 Å². The van der Waals surface area contributed by atoms with E-state index in [2.05, 4.69) is 39.9 Å². The molecule has 1 aliphatic heterocycles. The molecule has 152 valence electrons. The fourth-order valence-electron chi connectivity index (χ4n) is 4.05. The molecule has 6 nitrogen and oxygen atoms in total. The van der Waals surface area contributed by atoms with Gasteiger partial charge < -0.3 is 19.9 Å². The smallest absolute Gasteiger partial charge is 0.317 e. The van der Waals surface area contributed by atoms with Crippen LogP contribution in [0.3, 0.4) is 0 Å². The van der Waals surface area contributed by atoms with Crippen LogP contribution < -0.4 is 5.32 Å². The van der Waals surface area contributed by atoms with Crippen molar-refractivity contribution in [1.29, 1.82) is 0 Å². The Bertz CT molecular complexity index is 989. The van der Waals surface area contributed by atoms with Gasteiger partial charge in [0.1, 0.15) is 5.75 Å². The van der Waals surface area contributed by atoms with Gasteiger partial charge in [0.05, 0.1) is 0 Å². The highest BCUT2D eigenvalue weighted by Gasteiger charge is 2.21. The average molecular weight is 393 g/mol. The quantitative estimate of drug-likeness (QED) is 0.701. The van der Waals surface area contributed by atoms with Crippen molar-refractivity contribution in [2.24, 2.45) is 0 Å². The highest BCUT2D eigenvalue weighted by atomic mass is 16.3. The molecule has 0 radical (unpaired) electrons. The van der Waals surface area contributed by atoms with E-state index in [1.165, 1.54) is 16.6 Å². The SMILES string of the molecule is Cc1cc2ccccc2n1CCNC(=O)N1CCN(Cc2cccc(O)c2)CC1. The van der Waals surface area contributed by atoms with Gasteiger partial charge in [-0.05, 0) is 42.1 Å². The fraction of sp³-hybridized carbons (Fsp3) is 0.348. The molecule has 3 aromatic rings. The molecular formula is C23H28N4O2. The molecule has 6 heteroatoms. The van der Waals surface area contributed by atoms with Gasteiger partial charge in [0.2, 0.25) is 0 Å². The number of phenols is 1. The molecule has 1 aromatic heterocycles. The first-order chi connectivity index (χ1) is 14.1. The van der Waals surface area contributed by atoms with Crippen molar-refractivity contribution in [2.75, 3.05) is 32.7 Å². The molecule has 29 heavy (non-hydrogen) atoms. The van der Waals surface area contributed by atoms with Crippen molar-refractivity contribution in [3.8, 4) is 5.75 Å². The van der Waals surface area contributed by atoms with Crippen molar-refractivity contribution in [2.45, 2.75) is 20.0 Å². The number of aryl methyl sites for hydroxylation is 1. The third-order valence-corrected chi connectivity index (χ3v) is 5.61. The number of amides is 2. The number of urea groups is 1. The number of hydrogen-bond donors (Lipinski definition) is 2. The lowest BCUT2D eigenvalue weighted by molar-refractivity contribution is 0.135. The van der Waals surface area contributed by atoms with E-state index in [4.69, 9.17) is 0 Å². The maximum atomic E-state index is 12.5. The second-order valence-electron chi connectivity index (χ2n) is 7.66. The maximum absolute atomic E-state index is 12.5. The Morgan fingerprint density at radius 3 is 2.62 bits per heavy atom. The number of nitrogens with zero attached hydrogens (tertiary/aromatic N) is 3. The molecule has 0 aliphatic carbocycles. The molecule has 2 aromatic carbocycles. The van der Waals surface area contributed by atoms with Gasteiger partial charge in [-0.25, -0.2) is 4.79 Å². The molecule has 0 bridgehead atoms. The number of piperazine rings is 1. The van der Waals surface area contributed by atoms with E-state index in [-0.39, 0.29) is 6.03 Å². The van der Waals surface area contributed by atoms with Gasteiger partial charge in [-0.15, -0.1) is 0 Å². The van der Waals surface area contributed by atoms with Crippen molar-refractivity contribution in [1.82, 2.24) is 19.7 Å². The highest BCUT2D eigenvalue weighted by molar-refractivity contribution is 5.81. The molecule has 1 saturated heterocycles. The summed E-state index contributed by atoms with van der Waals surface area (Å²) in [6, 6.07) is 17.9. The normalized spacial score (nSPS) is 15.0. The lowest BCUT2D eigenvalue weighted by atomic mass is 10.2. The highest BCUT2D eigenvalue weighted by Crippen LogP contribution is 2.19. The number of aromatic hydroxyl groups is 1. The summed E-state index contributed by atoms with van der Waals surface area (Å²) in [6.45, 7) is 7.39. The zero-order chi connectivity index (χ0) is 20.2. The van der Waals surface area contributed by atoms with Crippen LogP contribution in [0.1, 0.15) is 11.3 Å². The third-order valence-electron chi connectivity index (χ3n) is 5.61. The summed E-state index contributed by atoms with van der Waals surface area (Å²) < 4.78 is 2.25. The molecule has 4 rings (SSSR count). The Hall–Kier alpha value is -2.99. The van der Waals surface area contributed by atoms with Crippen LogP contribution in [0.25, 0.3) is 10.9 Å². The predicted molar refractivity (Wildman–Crippen MR) is 115 cm³/mol. The Balaban J connectivity index is 1.24. The summed E-state index contributed by atoms with van der Waals surface area (Å²) in [7, 11) is 0. The summed E-state index contributed by atoms with van der Waals surface area (Å²) in [5.74, 6) is 0.297. The van der Waals surface area contributed by atoms with Crippen LogP contribution in [0, 0.1) is 6.92 Å². The Labute approximate surface area is 171 Å². The maximum Gasteiger partial charge on any atom is 0.317 e. The molecule has 1 aliphatic rings. The molecular weight excluding hydrogens is 364 g/mol. The minimum Gasteiger partial charge on any atom is -0.508 e. The van der Waals surface area contributed by atoms with Gasteiger partial charge in [0.25, 0.3) is 0 Å². The number of phenolic OH excluding ortho intramolecular Hbond substituents is 1. The number of fused-ring (bicyclic) bond motifs is 1. The Morgan fingerprint density at radius 2 is 1.83 bits per heavy atom. The van der Waals surface area contributed by atoms with Crippen LogP contribution in [0.4, 0.5) is 4.79 Å². The van der Waals surface area contributed by atoms with Crippen molar-refractivity contribution in [3.63, 3.8) is 0 Å². The number of aromatic nitrogens is 1. The average Bonchev–Trinajstić information content (AvgIpc) is 3.04. The number of carbonyl (C=O) groups is 1. The number of benzene rings is 2. The summed E-state index contributed by atoms with van der Waals surface area (Å²) in [5, 5.41) is 13.9. The van der Waals surface area contributed by atoms with Crippen molar-refractivity contribution >= 4 is 16.9 Å². The van der Waals surface area contributed by atoms with Crippen LogP contribution in [-0.4, -0.2) is 58.2 Å². The summed E-state index contributed by atoms with van der Waals surface area (Å²) in [5.41, 5.74) is 3.51. The van der Waals surface area contributed by atoms with Crippen LogP contribution in [0.5, 0.6) is 5.75 Å².